The summed E-state index contributed by atoms with van der Waals surface area (Å²) in [5.41, 5.74) is 10.9. The van der Waals surface area contributed by atoms with Crippen LogP contribution in [0.25, 0.3) is 82.3 Å². The summed E-state index contributed by atoms with van der Waals surface area (Å²) in [7, 11) is 0. The van der Waals surface area contributed by atoms with Crippen molar-refractivity contribution in [3.8, 4) is 17.1 Å². The fourth-order valence-corrected chi connectivity index (χ4v) is 7.77. The first-order chi connectivity index (χ1) is 22.8. The molecule has 0 unspecified atom stereocenters. The second-order valence-electron chi connectivity index (χ2n) is 12.3. The average Bonchev–Trinajstić information content (AvgIpc) is 3.79. The molecule has 7 aromatic carbocycles. The highest BCUT2D eigenvalue weighted by Gasteiger charge is 2.19. The first-order valence-electron chi connectivity index (χ1n) is 15.9. The zero-order valence-electron chi connectivity index (χ0n) is 25.4. The number of benzene rings is 7. The standard InChI is InChI=1S/C43H29N3/c1-28-11-5-8-16-37(28)44-26-25-29-19-21-33-34(43(29)44)22-24-41-42(33)35-15-7-10-18-39(35)46(41)31-20-23-40-36(27-31)32-14-6-9-17-38(32)45(40)30-12-3-2-4-13-30/h2-27H,1H3. The van der Waals surface area contributed by atoms with Gasteiger partial charge >= 0.3 is 0 Å². The van der Waals surface area contributed by atoms with Crippen molar-refractivity contribution in [2.75, 3.05) is 0 Å². The zero-order chi connectivity index (χ0) is 30.4. The Morgan fingerprint density at radius 1 is 0.413 bits per heavy atom. The Morgan fingerprint density at radius 2 is 1.07 bits per heavy atom. The van der Waals surface area contributed by atoms with Crippen LogP contribution in [0.1, 0.15) is 5.56 Å². The highest BCUT2D eigenvalue weighted by Crippen LogP contribution is 2.41. The molecule has 0 bridgehead atoms. The van der Waals surface area contributed by atoms with E-state index in [0.29, 0.717) is 0 Å². The molecule has 0 aliphatic carbocycles. The molecule has 46 heavy (non-hydrogen) atoms. The molecule has 0 aliphatic heterocycles. The van der Waals surface area contributed by atoms with E-state index >= 15 is 0 Å². The molecule has 10 aromatic rings. The lowest BCUT2D eigenvalue weighted by molar-refractivity contribution is 1.11. The summed E-state index contributed by atoms with van der Waals surface area (Å²) in [4.78, 5) is 0. The fourth-order valence-electron chi connectivity index (χ4n) is 7.77. The van der Waals surface area contributed by atoms with Gasteiger partial charge in [0.2, 0.25) is 0 Å². The van der Waals surface area contributed by atoms with E-state index in [1.807, 2.05) is 0 Å². The lowest BCUT2D eigenvalue weighted by atomic mass is 10.0. The van der Waals surface area contributed by atoms with Crippen molar-refractivity contribution in [1.82, 2.24) is 13.7 Å². The molecule has 0 N–H and O–H groups in total. The minimum absolute atomic E-state index is 1.17. The fraction of sp³-hybridized carbons (Fsp3) is 0.0233. The van der Waals surface area contributed by atoms with Gasteiger partial charge in [0.05, 0.1) is 27.6 Å². The number of aromatic nitrogens is 3. The van der Waals surface area contributed by atoms with Gasteiger partial charge in [-0.3, -0.25) is 0 Å². The van der Waals surface area contributed by atoms with Crippen LogP contribution in [0, 0.1) is 6.92 Å². The van der Waals surface area contributed by atoms with E-state index in [9.17, 15) is 0 Å². The molecule has 0 saturated carbocycles. The maximum Gasteiger partial charge on any atom is 0.0607 e. The van der Waals surface area contributed by atoms with Gasteiger partial charge in [-0.25, -0.2) is 0 Å². The molecular formula is C43H29N3. The molecule has 216 valence electrons. The van der Waals surface area contributed by atoms with E-state index in [1.165, 1.54) is 87.9 Å². The topological polar surface area (TPSA) is 14.8 Å². The van der Waals surface area contributed by atoms with E-state index in [1.54, 1.807) is 0 Å². The van der Waals surface area contributed by atoms with Gasteiger partial charge in [-0.2, -0.15) is 0 Å². The minimum atomic E-state index is 1.17. The molecule has 3 nitrogen and oxygen atoms in total. The van der Waals surface area contributed by atoms with Gasteiger partial charge in [-0.15, -0.1) is 0 Å². The molecule has 0 atom stereocenters. The van der Waals surface area contributed by atoms with Crippen molar-refractivity contribution in [3.63, 3.8) is 0 Å². The maximum absolute atomic E-state index is 2.45. The van der Waals surface area contributed by atoms with Crippen LogP contribution < -0.4 is 0 Å². The SMILES string of the molecule is Cc1ccccc1-n1ccc2ccc3c(ccc4c3c3ccccc3n4-c3ccc4c(c3)c3ccccc3n4-c3ccccc3)c21. The molecule has 0 aliphatic rings. The van der Waals surface area contributed by atoms with Gasteiger partial charge < -0.3 is 13.7 Å². The van der Waals surface area contributed by atoms with Gasteiger partial charge in [0.1, 0.15) is 0 Å². The Kier molecular flexibility index (Phi) is 5.20. The predicted molar refractivity (Wildman–Crippen MR) is 194 cm³/mol. The van der Waals surface area contributed by atoms with Crippen LogP contribution in [-0.2, 0) is 0 Å². The molecule has 0 fully saturated rings. The van der Waals surface area contributed by atoms with Crippen LogP contribution in [0.3, 0.4) is 0 Å². The number of hydrogen-bond acceptors (Lipinski definition) is 0. The summed E-state index contributed by atoms with van der Waals surface area (Å²) in [6.07, 6.45) is 2.21. The average molecular weight is 588 g/mol. The first-order valence-corrected chi connectivity index (χ1v) is 15.9. The molecule has 10 rings (SSSR count). The van der Waals surface area contributed by atoms with Crippen molar-refractivity contribution < 1.29 is 0 Å². The van der Waals surface area contributed by atoms with Crippen LogP contribution in [0.15, 0.2) is 158 Å². The lowest BCUT2D eigenvalue weighted by Gasteiger charge is -2.12. The highest BCUT2D eigenvalue weighted by molar-refractivity contribution is 6.25. The second kappa shape index (κ2) is 9.47. The molecule has 0 saturated heterocycles. The second-order valence-corrected chi connectivity index (χ2v) is 12.3. The zero-order valence-corrected chi connectivity index (χ0v) is 25.4. The quantitative estimate of drug-likeness (QED) is 0.195. The smallest absolute Gasteiger partial charge is 0.0607 e. The van der Waals surface area contributed by atoms with Crippen molar-refractivity contribution in [2.45, 2.75) is 6.92 Å². The number of hydrogen-bond donors (Lipinski definition) is 0. The molecule has 3 heteroatoms. The third-order valence-electron chi connectivity index (χ3n) is 9.78. The maximum atomic E-state index is 2.45. The van der Waals surface area contributed by atoms with Crippen molar-refractivity contribution in [2.24, 2.45) is 0 Å². The van der Waals surface area contributed by atoms with E-state index < -0.39 is 0 Å². The van der Waals surface area contributed by atoms with Gasteiger partial charge in [-0.05, 0) is 78.5 Å². The van der Waals surface area contributed by atoms with Crippen LogP contribution in [0.4, 0.5) is 0 Å². The normalized spacial score (nSPS) is 12.0. The minimum Gasteiger partial charge on any atom is -0.316 e. The Balaban J connectivity index is 1.28. The summed E-state index contributed by atoms with van der Waals surface area (Å²) >= 11 is 0. The lowest BCUT2D eigenvalue weighted by Crippen LogP contribution is -1.96. The summed E-state index contributed by atoms with van der Waals surface area (Å²) in [5, 5.41) is 8.86. The number of para-hydroxylation sites is 4. The number of fused-ring (bicyclic) bond motifs is 10. The molecule has 0 radical (unpaired) electrons. The molecule has 3 aromatic heterocycles. The number of rotatable bonds is 3. The van der Waals surface area contributed by atoms with Crippen LogP contribution in [0.2, 0.25) is 0 Å². The van der Waals surface area contributed by atoms with Crippen molar-refractivity contribution in [3.05, 3.63) is 163 Å². The van der Waals surface area contributed by atoms with Crippen molar-refractivity contribution in [1.29, 1.82) is 0 Å². The Labute approximate surface area is 265 Å². The third-order valence-corrected chi connectivity index (χ3v) is 9.78. The van der Waals surface area contributed by atoms with Crippen LogP contribution in [0.5, 0.6) is 0 Å². The Morgan fingerprint density at radius 3 is 1.91 bits per heavy atom. The first kappa shape index (κ1) is 25.3. The summed E-state index contributed by atoms with van der Waals surface area (Å²) in [6, 6.07) is 55.3. The molecule has 0 spiro atoms. The Bertz CT molecular complexity index is 2810. The Hall–Kier alpha value is -6.06. The van der Waals surface area contributed by atoms with E-state index in [2.05, 4.69) is 178 Å². The molecule has 3 heterocycles. The largest absolute Gasteiger partial charge is 0.316 e. The van der Waals surface area contributed by atoms with Crippen LogP contribution >= 0.6 is 0 Å². The monoisotopic (exact) mass is 587 g/mol. The highest BCUT2D eigenvalue weighted by atomic mass is 15.0. The van der Waals surface area contributed by atoms with Gasteiger partial charge in [0, 0.05) is 55.6 Å². The van der Waals surface area contributed by atoms with E-state index in [-0.39, 0.29) is 0 Å². The summed E-state index contributed by atoms with van der Waals surface area (Å²) in [6.45, 7) is 2.19. The van der Waals surface area contributed by atoms with E-state index in [0.717, 1.165) is 0 Å². The molecular weight excluding hydrogens is 558 g/mol. The number of nitrogens with zero attached hydrogens (tertiary/aromatic N) is 3. The van der Waals surface area contributed by atoms with Crippen LogP contribution in [-0.4, -0.2) is 13.7 Å². The third kappa shape index (κ3) is 3.43. The van der Waals surface area contributed by atoms with Crippen molar-refractivity contribution >= 4 is 65.3 Å². The van der Waals surface area contributed by atoms with Gasteiger partial charge in [0.15, 0.2) is 0 Å². The molecule has 0 amide bonds. The van der Waals surface area contributed by atoms with Gasteiger partial charge in [-0.1, -0.05) is 91.0 Å². The number of aryl methyl sites for hydroxylation is 1. The van der Waals surface area contributed by atoms with E-state index in [4.69, 9.17) is 0 Å². The predicted octanol–water partition coefficient (Wildman–Crippen LogP) is 11.3. The summed E-state index contributed by atoms with van der Waals surface area (Å²) < 4.78 is 7.18. The summed E-state index contributed by atoms with van der Waals surface area (Å²) in [5.74, 6) is 0. The van der Waals surface area contributed by atoms with Gasteiger partial charge in [0.25, 0.3) is 0 Å².